The molecule has 0 bridgehead atoms. The summed E-state index contributed by atoms with van der Waals surface area (Å²) in [5, 5.41) is 8.74. The van der Waals surface area contributed by atoms with Crippen LogP contribution in [0, 0.1) is 0 Å². The van der Waals surface area contributed by atoms with Gasteiger partial charge in [-0.2, -0.15) is 0 Å². The molecule has 0 amide bonds. The molecule has 0 aliphatic rings. The normalized spacial score (nSPS) is 13.9. The van der Waals surface area contributed by atoms with E-state index in [-0.39, 0.29) is 12.6 Å². The Morgan fingerprint density at radius 2 is 2.07 bits per heavy atom. The zero-order valence-corrected chi connectivity index (χ0v) is 9.57. The highest BCUT2D eigenvalue weighted by atomic mass is 16.5. The van der Waals surface area contributed by atoms with Crippen molar-refractivity contribution in [1.29, 1.82) is 0 Å². The zero-order valence-electron chi connectivity index (χ0n) is 9.57. The van der Waals surface area contributed by atoms with Crippen molar-refractivity contribution in [3.05, 3.63) is 0 Å². The topological polar surface area (TPSA) is 58.7 Å². The summed E-state index contributed by atoms with van der Waals surface area (Å²) in [6, 6.07) is 0.522. The van der Waals surface area contributed by atoms with Crippen molar-refractivity contribution in [2.24, 2.45) is 5.73 Å². The molecule has 4 heteroatoms. The van der Waals surface area contributed by atoms with Gasteiger partial charge < -0.3 is 15.6 Å². The smallest absolute Gasteiger partial charge is 0.0589 e. The minimum absolute atomic E-state index is 0.0549. The molecule has 0 radical (unpaired) electrons. The Morgan fingerprint density at radius 1 is 1.43 bits per heavy atom. The van der Waals surface area contributed by atoms with Crippen molar-refractivity contribution >= 4 is 0 Å². The van der Waals surface area contributed by atoms with Gasteiger partial charge in [0.05, 0.1) is 6.61 Å². The fraction of sp³-hybridized carbons (Fsp3) is 1.00. The molecule has 3 N–H and O–H groups in total. The summed E-state index contributed by atoms with van der Waals surface area (Å²) in [6.45, 7) is 6.89. The molecule has 0 aromatic carbocycles. The first-order valence-corrected chi connectivity index (χ1v) is 5.21. The van der Waals surface area contributed by atoms with Crippen molar-refractivity contribution < 1.29 is 9.84 Å². The van der Waals surface area contributed by atoms with Gasteiger partial charge in [0.25, 0.3) is 0 Å². The van der Waals surface area contributed by atoms with E-state index in [9.17, 15) is 0 Å². The van der Waals surface area contributed by atoms with E-state index in [1.807, 2.05) is 0 Å². The number of hydrogen-bond acceptors (Lipinski definition) is 4. The lowest BCUT2D eigenvalue weighted by molar-refractivity contribution is 0.121. The first-order chi connectivity index (χ1) is 6.61. The molecule has 86 valence electrons. The molecule has 0 heterocycles. The predicted molar refractivity (Wildman–Crippen MR) is 58.3 cm³/mol. The minimum atomic E-state index is 0.0549. The molecule has 0 aromatic rings. The van der Waals surface area contributed by atoms with Crippen LogP contribution in [0.15, 0.2) is 0 Å². The second-order valence-electron chi connectivity index (χ2n) is 3.85. The Morgan fingerprint density at radius 3 is 2.50 bits per heavy atom. The number of methoxy groups -OCH3 is 1. The van der Waals surface area contributed by atoms with E-state index >= 15 is 0 Å². The number of nitrogens with two attached hydrogens (primary N) is 1. The molecule has 4 nitrogen and oxygen atoms in total. The average Bonchev–Trinajstić information content (AvgIpc) is 2.12. The molecule has 0 aromatic heterocycles. The van der Waals surface area contributed by atoms with Gasteiger partial charge in [0.2, 0.25) is 0 Å². The molecule has 0 rings (SSSR count). The van der Waals surface area contributed by atoms with Crippen molar-refractivity contribution in [1.82, 2.24) is 4.90 Å². The molecule has 14 heavy (non-hydrogen) atoms. The van der Waals surface area contributed by atoms with E-state index in [2.05, 4.69) is 18.7 Å². The first kappa shape index (κ1) is 13.8. The number of nitrogens with zero attached hydrogens (tertiary/aromatic N) is 1. The van der Waals surface area contributed by atoms with Gasteiger partial charge in [-0.1, -0.05) is 0 Å². The highest BCUT2D eigenvalue weighted by Gasteiger charge is 2.12. The van der Waals surface area contributed by atoms with Gasteiger partial charge in [0.15, 0.2) is 0 Å². The van der Waals surface area contributed by atoms with Crippen molar-refractivity contribution in [2.45, 2.75) is 32.4 Å². The molecule has 1 atom stereocenters. The second-order valence-corrected chi connectivity index (χ2v) is 3.85. The van der Waals surface area contributed by atoms with E-state index in [4.69, 9.17) is 15.6 Å². The Labute approximate surface area is 87.0 Å². The molecule has 0 saturated carbocycles. The van der Waals surface area contributed by atoms with Gasteiger partial charge in [0, 0.05) is 38.9 Å². The quantitative estimate of drug-likeness (QED) is 0.587. The highest BCUT2D eigenvalue weighted by molar-refractivity contribution is 4.70. The molecule has 0 saturated heterocycles. The van der Waals surface area contributed by atoms with E-state index in [0.717, 1.165) is 19.7 Å². The van der Waals surface area contributed by atoms with Crippen LogP contribution in [0.4, 0.5) is 0 Å². The van der Waals surface area contributed by atoms with Gasteiger partial charge in [0.1, 0.15) is 0 Å². The standard InChI is InChI=1S/C10H24N2O2/c1-9(2)12(5-7-14-3)8-10(11)4-6-13/h9-10,13H,4-8,11H2,1-3H3. The largest absolute Gasteiger partial charge is 0.396 e. The van der Waals surface area contributed by atoms with E-state index in [0.29, 0.717) is 12.5 Å². The number of aliphatic hydroxyl groups is 1. The second kappa shape index (κ2) is 8.17. The van der Waals surface area contributed by atoms with Crippen LogP contribution in [0.25, 0.3) is 0 Å². The Bertz CT molecular complexity index is 131. The zero-order chi connectivity index (χ0) is 11.0. The molecular formula is C10H24N2O2. The van der Waals surface area contributed by atoms with E-state index in [1.54, 1.807) is 7.11 Å². The van der Waals surface area contributed by atoms with Crippen LogP contribution in [-0.4, -0.2) is 55.5 Å². The minimum Gasteiger partial charge on any atom is -0.396 e. The first-order valence-electron chi connectivity index (χ1n) is 5.21. The van der Waals surface area contributed by atoms with Crippen molar-refractivity contribution in [2.75, 3.05) is 33.4 Å². The summed E-state index contributed by atoms with van der Waals surface area (Å²) in [4.78, 5) is 2.27. The lowest BCUT2D eigenvalue weighted by Crippen LogP contribution is -2.43. The third kappa shape index (κ3) is 6.32. The Kier molecular flexibility index (Phi) is 8.08. The lowest BCUT2D eigenvalue weighted by atomic mass is 10.2. The van der Waals surface area contributed by atoms with Gasteiger partial charge in [-0.25, -0.2) is 0 Å². The van der Waals surface area contributed by atoms with Crippen LogP contribution in [-0.2, 0) is 4.74 Å². The maximum absolute atomic E-state index is 8.74. The summed E-state index contributed by atoms with van der Waals surface area (Å²) < 4.78 is 5.03. The third-order valence-electron chi connectivity index (χ3n) is 2.28. The Hall–Kier alpha value is -0.160. The fourth-order valence-corrected chi connectivity index (χ4v) is 1.33. The lowest BCUT2D eigenvalue weighted by Gasteiger charge is -2.28. The molecule has 0 spiro atoms. The maximum Gasteiger partial charge on any atom is 0.0589 e. The average molecular weight is 204 g/mol. The molecular weight excluding hydrogens is 180 g/mol. The summed E-state index contributed by atoms with van der Waals surface area (Å²) in [7, 11) is 1.70. The number of ether oxygens (including phenoxy) is 1. The Balaban J connectivity index is 3.82. The van der Waals surface area contributed by atoms with Gasteiger partial charge in [-0.15, -0.1) is 0 Å². The van der Waals surface area contributed by atoms with E-state index < -0.39 is 0 Å². The van der Waals surface area contributed by atoms with Gasteiger partial charge in [-0.05, 0) is 20.3 Å². The van der Waals surface area contributed by atoms with Gasteiger partial charge >= 0.3 is 0 Å². The number of rotatable bonds is 8. The summed E-state index contributed by atoms with van der Waals surface area (Å²) in [5.74, 6) is 0. The van der Waals surface area contributed by atoms with Crippen molar-refractivity contribution in [3.8, 4) is 0 Å². The molecule has 0 aliphatic carbocycles. The van der Waals surface area contributed by atoms with Gasteiger partial charge in [-0.3, -0.25) is 4.90 Å². The number of hydrogen-bond donors (Lipinski definition) is 2. The molecule has 0 fully saturated rings. The molecule has 1 unspecified atom stereocenters. The van der Waals surface area contributed by atoms with Crippen LogP contribution < -0.4 is 5.73 Å². The van der Waals surface area contributed by atoms with Crippen LogP contribution >= 0.6 is 0 Å². The van der Waals surface area contributed by atoms with Crippen LogP contribution in [0.3, 0.4) is 0 Å². The van der Waals surface area contributed by atoms with Crippen LogP contribution in [0.5, 0.6) is 0 Å². The predicted octanol–water partition coefficient (Wildman–Crippen LogP) is 0.0529. The fourth-order valence-electron chi connectivity index (χ4n) is 1.33. The SMILES string of the molecule is COCCN(CC(N)CCO)C(C)C. The summed E-state index contributed by atoms with van der Waals surface area (Å²) >= 11 is 0. The maximum atomic E-state index is 8.74. The van der Waals surface area contributed by atoms with Crippen LogP contribution in [0.2, 0.25) is 0 Å². The van der Waals surface area contributed by atoms with Crippen LogP contribution in [0.1, 0.15) is 20.3 Å². The molecule has 0 aliphatic heterocycles. The van der Waals surface area contributed by atoms with Crippen molar-refractivity contribution in [3.63, 3.8) is 0 Å². The third-order valence-corrected chi connectivity index (χ3v) is 2.28. The van der Waals surface area contributed by atoms with E-state index in [1.165, 1.54) is 0 Å². The number of aliphatic hydroxyl groups excluding tert-OH is 1. The monoisotopic (exact) mass is 204 g/mol. The summed E-state index contributed by atoms with van der Waals surface area (Å²) in [6.07, 6.45) is 0.663. The highest BCUT2D eigenvalue weighted by Crippen LogP contribution is 2.00. The summed E-state index contributed by atoms with van der Waals surface area (Å²) in [5.41, 5.74) is 5.85.